The van der Waals surface area contributed by atoms with E-state index in [1.807, 2.05) is 40.7 Å². The molecule has 0 saturated carbocycles. The standard InChI is InChI=1S/C24H31N3O2/c1-6-19-12-10-11-17(3)24(19)27(18(4)16-29-5)23(28)15-26-21-14-9-8-13-20(21)25-22(26)7-2/h8-14,18H,6-7,15-16H2,1-5H3/t18-/m0/s1. The molecule has 0 unspecified atom stereocenters. The number of fused-ring (bicyclic) bond motifs is 1. The van der Waals surface area contributed by atoms with Crippen LogP contribution < -0.4 is 4.90 Å². The van der Waals surface area contributed by atoms with Gasteiger partial charge in [0.25, 0.3) is 0 Å². The molecule has 0 bridgehead atoms. The van der Waals surface area contributed by atoms with E-state index in [9.17, 15) is 4.79 Å². The van der Waals surface area contributed by atoms with Crippen LogP contribution in [0.4, 0.5) is 5.69 Å². The number of methoxy groups -OCH3 is 1. The number of benzene rings is 2. The monoisotopic (exact) mass is 393 g/mol. The first kappa shape index (κ1) is 21.1. The van der Waals surface area contributed by atoms with Gasteiger partial charge in [0.2, 0.25) is 5.91 Å². The smallest absolute Gasteiger partial charge is 0.247 e. The molecular weight excluding hydrogens is 362 g/mol. The molecule has 1 amide bonds. The van der Waals surface area contributed by atoms with Gasteiger partial charge in [0, 0.05) is 13.5 Å². The molecule has 1 aromatic heterocycles. The van der Waals surface area contributed by atoms with Crippen molar-refractivity contribution in [1.82, 2.24) is 9.55 Å². The molecule has 1 heterocycles. The van der Waals surface area contributed by atoms with Crippen LogP contribution in [0.5, 0.6) is 0 Å². The molecular formula is C24H31N3O2. The van der Waals surface area contributed by atoms with Crippen molar-refractivity contribution < 1.29 is 9.53 Å². The molecule has 0 aliphatic rings. The van der Waals surface area contributed by atoms with E-state index in [4.69, 9.17) is 9.72 Å². The normalized spacial score (nSPS) is 12.3. The molecule has 0 aliphatic carbocycles. The Hall–Kier alpha value is -2.66. The predicted octanol–water partition coefficient (Wildman–Crippen LogP) is 4.54. The van der Waals surface area contributed by atoms with Crippen molar-refractivity contribution in [1.29, 1.82) is 0 Å². The molecule has 0 fully saturated rings. The summed E-state index contributed by atoms with van der Waals surface area (Å²) in [5.74, 6) is 0.982. The third-order valence-corrected chi connectivity index (χ3v) is 5.40. The zero-order valence-corrected chi connectivity index (χ0v) is 18.1. The van der Waals surface area contributed by atoms with Gasteiger partial charge in [-0.2, -0.15) is 0 Å². The molecule has 29 heavy (non-hydrogen) atoms. The van der Waals surface area contributed by atoms with Crippen LogP contribution in [0, 0.1) is 6.92 Å². The molecule has 5 heteroatoms. The van der Waals surface area contributed by atoms with Crippen molar-refractivity contribution in [2.45, 2.75) is 53.1 Å². The lowest BCUT2D eigenvalue weighted by Crippen LogP contribution is -2.44. The number of ether oxygens (including phenoxy) is 1. The van der Waals surface area contributed by atoms with E-state index in [0.717, 1.165) is 41.0 Å². The number of aryl methyl sites for hydroxylation is 3. The average Bonchev–Trinajstić information content (AvgIpc) is 3.07. The largest absolute Gasteiger partial charge is 0.383 e. The van der Waals surface area contributed by atoms with E-state index < -0.39 is 0 Å². The molecule has 0 aliphatic heterocycles. The second-order valence-corrected chi connectivity index (χ2v) is 7.46. The van der Waals surface area contributed by atoms with E-state index in [-0.39, 0.29) is 18.5 Å². The van der Waals surface area contributed by atoms with Crippen LogP contribution >= 0.6 is 0 Å². The maximum atomic E-state index is 13.7. The number of amides is 1. The van der Waals surface area contributed by atoms with E-state index >= 15 is 0 Å². The molecule has 3 aromatic rings. The fourth-order valence-electron chi connectivity index (χ4n) is 4.04. The Morgan fingerprint density at radius 1 is 1.14 bits per heavy atom. The van der Waals surface area contributed by atoms with Gasteiger partial charge in [0.1, 0.15) is 12.4 Å². The van der Waals surface area contributed by atoms with Crippen LogP contribution in [0.15, 0.2) is 42.5 Å². The topological polar surface area (TPSA) is 47.4 Å². The number of aromatic nitrogens is 2. The first-order valence-electron chi connectivity index (χ1n) is 10.3. The third kappa shape index (κ3) is 4.20. The quantitative estimate of drug-likeness (QED) is 0.565. The minimum absolute atomic E-state index is 0.0522. The summed E-state index contributed by atoms with van der Waals surface area (Å²) in [4.78, 5) is 20.3. The highest BCUT2D eigenvalue weighted by Gasteiger charge is 2.26. The second-order valence-electron chi connectivity index (χ2n) is 7.46. The lowest BCUT2D eigenvalue weighted by Gasteiger charge is -2.32. The van der Waals surface area contributed by atoms with Crippen molar-refractivity contribution in [2.75, 3.05) is 18.6 Å². The van der Waals surface area contributed by atoms with Gasteiger partial charge < -0.3 is 14.2 Å². The van der Waals surface area contributed by atoms with Crippen LogP contribution in [0.3, 0.4) is 0 Å². The summed E-state index contributed by atoms with van der Waals surface area (Å²) in [7, 11) is 1.68. The summed E-state index contributed by atoms with van der Waals surface area (Å²) in [5, 5.41) is 0. The van der Waals surface area contributed by atoms with Gasteiger partial charge in [-0.05, 0) is 43.5 Å². The Morgan fingerprint density at radius 2 is 1.90 bits per heavy atom. The van der Waals surface area contributed by atoms with Gasteiger partial charge in [-0.15, -0.1) is 0 Å². The van der Waals surface area contributed by atoms with Crippen molar-refractivity contribution in [3.63, 3.8) is 0 Å². The van der Waals surface area contributed by atoms with Gasteiger partial charge >= 0.3 is 0 Å². The minimum Gasteiger partial charge on any atom is -0.383 e. The number of imidazole rings is 1. The highest BCUT2D eigenvalue weighted by Crippen LogP contribution is 2.29. The van der Waals surface area contributed by atoms with Crippen LogP contribution in [-0.4, -0.2) is 35.2 Å². The molecule has 154 valence electrons. The zero-order chi connectivity index (χ0) is 21.0. The fraction of sp³-hybridized carbons (Fsp3) is 0.417. The lowest BCUT2D eigenvalue weighted by molar-refractivity contribution is -0.119. The first-order valence-corrected chi connectivity index (χ1v) is 10.3. The number of hydrogen-bond acceptors (Lipinski definition) is 3. The minimum atomic E-state index is -0.0706. The molecule has 0 N–H and O–H groups in total. The predicted molar refractivity (Wildman–Crippen MR) is 118 cm³/mol. The maximum absolute atomic E-state index is 13.7. The molecule has 3 rings (SSSR count). The number of para-hydroxylation sites is 3. The molecule has 0 spiro atoms. The lowest BCUT2D eigenvalue weighted by atomic mass is 10.0. The number of hydrogen-bond donors (Lipinski definition) is 0. The second kappa shape index (κ2) is 9.23. The fourth-order valence-corrected chi connectivity index (χ4v) is 4.04. The average molecular weight is 394 g/mol. The Kier molecular flexibility index (Phi) is 6.70. The number of carbonyl (C=O) groups is 1. The van der Waals surface area contributed by atoms with Crippen LogP contribution in [-0.2, 0) is 28.9 Å². The summed E-state index contributed by atoms with van der Waals surface area (Å²) < 4.78 is 7.46. The Balaban J connectivity index is 2.06. The number of anilines is 1. The molecule has 0 saturated heterocycles. The van der Waals surface area contributed by atoms with Crippen LogP contribution in [0.2, 0.25) is 0 Å². The highest BCUT2D eigenvalue weighted by atomic mass is 16.5. The third-order valence-electron chi connectivity index (χ3n) is 5.40. The first-order chi connectivity index (χ1) is 14.0. The van der Waals surface area contributed by atoms with Gasteiger partial charge in [-0.25, -0.2) is 4.98 Å². The Labute approximate surface area is 173 Å². The van der Waals surface area contributed by atoms with Gasteiger partial charge in [0.05, 0.1) is 29.4 Å². The molecule has 5 nitrogen and oxygen atoms in total. The summed E-state index contributed by atoms with van der Waals surface area (Å²) in [6.07, 6.45) is 1.65. The number of rotatable bonds is 8. The summed E-state index contributed by atoms with van der Waals surface area (Å²) in [6, 6.07) is 14.2. The molecule has 1 atom stereocenters. The van der Waals surface area contributed by atoms with Gasteiger partial charge in [0.15, 0.2) is 0 Å². The van der Waals surface area contributed by atoms with Crippen molar-refractivity contribution >= 4 is 22.6 Å². The Bertz CT molecular complexity index is 993. The van der Waals surface area contributed by atoms with Crippen molar-refractivity contribution in [2.24, 2.45) is 0 Å². The molecule has 2 aromatic carbocycles. The van der Waals surface area contributed by atoms with E-state index in [0.29, 0.717) is 6.61 Å². The number of carbonyl (C=O) groups excluding carboxylic acids is 1. The Morgan fingerprint density at radius 3 is 2.59 bits per heavy atom. The summed E-state index contributed by atoms with van der Waals surface area (Å²) in [5.41, 5.74) is 5.21. The van der Waals surface area contributed by atoms with Gasteiger partial charge in [-0.3, -0.25) is 4.79 Å². The summed E-state index contributed by atoms with van der Waals surface area (Å²) >= 11 is 0. The van der Waals surface area contributed by atoms with E-state index in [1.54, 1.807) is 7.11 Å². The molecule has 0 radical (unpaired) electrons. The van der Waals surface area contributed by atoms with E-state index in [2.05, 4.69) is 39.0 Å². The van der Waals surface area contributed by atoms with Crippen molar-refractivity contribution in [3.05, 3.63) is 59.4 Å². The van der Waals surface area contributed by atoms with Gasteiger partial charge in [-0.1, -0.05) is 44.2 Å². The highest BCUT2D eigenvalue weighted by molar-refractivity contribution is 5.96. The zero-order valence-electron chi connectivity index (χ0n) is 18.1. The van der Waals surface area contributed by atoms with Crippen LogP contribution in [0.25, 0.3) is 11.0 Å². The van der Waals surface area contributed by atoms with Crippen LogP contribution in [0.1, 0.15) is 37.7 Å². The maximum Gasteiger partial charge on any atom is 0.247 e. The van der Waals surface area contributed by atoms with Crippen molar-refractivity contribution in [3.8, 4) is 0 Å². The summed E-state index contributed by atoms with van der Waals surface area (Å²) in [6.45, 7) is 9.05. The van der Waals surface area contributed by atoms with E-state index in [1.165, 1.54) is 5.56 Å². The SMILES string of the molecule is CCc1cccc(C)c1N(C(=O)Cn1c(CC)nc2ccccc21)[C@@H](C)COC. The number of nitrogens with zero attached hydrogens (tertiary/aromatic N) is 3.